The summed E-state index contributed by atoms with van der Waals surface area (Å²) in [5.41, 5.74) is 3.57. The minimum atomic E-state index is -3.86. The van der Waals surface area contributed by atoms with E-state index in [1.807, 2.05) is 23.6 Å². The molecule has 0 atom stereocenters. The molecule has 0 radical (unpaired) electrons. The van der Waals surface area contributed by atoms with E-state index in [4.69, 9.17) is 0 Å². The molecule has 2 aliphatic rings. The van der Waals surface area contributed by atoms with Crippen molar-refractivity contribution in [2.45, 2.75) is 17.9 Å². The molecule has 29 heavy (non-hydrogen) atoms. The topological polar surface area (TPSA) is 87.7 Å². The van der Waals surface area contributed by atoms with Crippen molar-refractivity contribution in [2.75, 3.05) is 11.9 Å². The molecule has 0 unspecified atom stereocenters. The van der Waals surface area contributed by atoms with Crippen molar-refractivity contribution in [3.8, 4) is 11.3 Å². The number of rotatable bonds is 3. The zero-order chi connectivity index (χ0) is 20.3. The molecule has 9 heteroatoms. The Bertz CT molecular complexity index is 1300. The van der Waals surface area contributed by atoms with Crippen LogP contribution in [0.4, 0.5) is 5.69 Å². The lowest BCUT2D eigenvalue weighted by Gasteiger charge is -2.13. The highest BCUT2D eigenvalue weighted by Gasteiger charge is 2.41. The number of sulfonamides is 1. The number of carbonyl (C=O) groups is 2. The average Bonchev–Trinajstić information content (AvgIpc) is 3.34. The first-order valence-electron chi connectivity index (χ1n) is 8.86. The van der Waals surface area contributed by atoms with Crippen molar-refractivity contribution in [1.82, 2.24) is 9.29 Å². The molecule has 1 aromatic heterocycles. The van der Waals surface area contributed by atoms with Crippen LogP contribution in [0.2, 0.25) is 0 Å². The minimum absolute atomic E-state index is 0.0363. The molecule has 0 saturated heterocycles. The molecule has 0 fully saturated rings. The van der Waals surface area contributed by atoms with Gasteiger partial charge >= 0.3 is 0 Å². The first-order valence-corrected chi connectivity index (χ1v) is 11.2. The standard InChI is InChI=1S/C20H15N3O4S2/c1-22-16-7-6-12(8-13(16)9-19(22)24)15-11-28-18(21-15)10-23-20(25)14-4-2-3-5-17(14)29(23,26)27/h2-8,11H,9-10H2,1H3. The third-order valence-electron chi connectivity index (χ3n) is 5.20. The number of hydrogen-bond donors (Lipinski definition) is 0. The van der Waals surface area contributed by atoms with Crippen molar-refractivity contribution in [3.63, 3.8) is 0 Å². The molecule has 3 aromatic rings. The van der Waals surface area contributed by atoms with Crippen LogP contribution in [0.3, 0.4) is 0 Å². The molecular weight excluding hydrogens is 410 g/mol. The van der Waals surface area contributed by atoms with E-state index in [9.17, 15) is 18.0 Å². The summed E-state index contributed by atoms with van der Waals surface area (Å²) in [6.45, 7) is -0.104. The van der Waals surface area contributed by atoms with Gasteiger partial charge in [0.25, 0.3) is 15.9 Å². The number of aromatic nitrogens is 1. The van der Waals surface area contributed by atoms with Gasteiger partial charge < -0.3 is 4.90 Å². The first kappa shape index (κ1) is 18.0. The highest BCUT2D eigenvalue weighted by Crippen LogP contribution is 2.34. The fraction of sp³-hybridized carbons (Fsp3) is 0.150. The van der Waals surface area contributed by atoms with Crippen molar-refractivity contribution >= 4 is 38.9 Å². The molecule has 0 spiro atoms. The SMILES string of the molecule is CN1C(=O)Cc2cc(-c3csc(CN4C(=O)c5ccccc5S4(=O)=O)n3)ccc21. The molecule has 7 nitrogen and oxygen atoms in total. The Hall–Kier alpha value is -3.04. The highest BCUT2D eigenvalue weighted by atomic mass is 32.2. The van der Waals surface area contributed by atoms with Gasteiger partial charge in [-0.15, -0.1) is 11.3 Å². The van der Waals surface area contributed by atoms with E-state index in [0.29, 0.717) is 17.1 Å². The monoisotopic (exact) mass is 425 g/mol. The van der Waals surface area contributed by atoms with Gasteiger partial charge in [-0.3, -0.25) is 9.59 Å². The zero-order valence-corrected chi connectivity index (χ0v) is 17.0. The van der Waals surface area contributed by atoms with Crippen molar-refractivity contribution in [1.29, 1.82) is 0 Å². The maximum absolute atomic E-state index is 12.7. The number of carbonyl (C=O) groups excluding carboxylic acids is 2. The zero-order valence-electron chi connectivity index (χ0n) is 15.3. The van der Waals surface area contributed by atoms with Crippen LogP contribution in [0.5, 0.6) is 0 Å². The quantitative estimate of drug-likeness (QED) is 0.644. The summed E-state index contributed by atoms with van der Waals surface area (Å²) >= 11 is 1.30. The van der Waals surface area contributed by atoms with Gasteiger partial charge in [-0.25, -0.2) is 17.7 Å². The van der Waals surface area contributed by atoms with E-state index < -0.39 is 15.9 Å². The molecule has 146 valence electrons. The van der Waals surface area contributed by atoms with Crippen LogP contribution in [0, 0.1) is 0 Å². The summed E-state index contributed by atoms with van der Waals surface area (Å²) in [6, 6.07) is 11.9. The number of hydrogen-bond acceptors (Lipinski definition) is 6. The van der Waals surface area contributed by atoms with Gasteiger partial charge in [0.15, 0.2) is 0 Å². The fourth-order valence-electron chi connectivity index (χ4n) is 3.66. The second-order valence-electron chi connectivity index (χ2n) is 6.91. The van der Waals surface area contributed by atoms with Crippen molar-refractivity contribution < 1.29 is 18.0 Å². The van der Waals surface area contributed by atoms with Crippen LogP contribution < -0.4 is 4.90 Å². The van der Waals surface area contributed by atoms with Crippen LogP contribution in [0.1, 0.15) is 20.9 Å². The summed E-state index contributed by atoms with van der Waals surface area (Å²) in [5.74, 6) is -0.482. The fourth-order valence-corrected chi connectivity index (χ4v) is 6.06. The van der Waals surface area contributed by atoms with Gasteiger partial charge in [0, 0.05) is 23.7 Å². The van der Waals surface area contributed by atoms with Crippen LogP contribution in [-0.2, 0) is 27.8 Å². The van der Waals surface area contributed by atoms with Gasteiger partial charge in [0.05, 0.1) is 24.2 Å². The number of likely N-dealkylation sites (N-methyl/N-ethyl adjacent to an activating group) is 1. The number of thiazole rings is 1. The molecule has 0 bridgehead atoms. The Labute approximate surface area is 171 Å². The average molecular weight is 425 g/mol. The number of anilines is 1. The molecule has 0 N–H and O–H groups in total. The lowest BCUT2D eigenvalue weighted by molar-refractivity contribution is -0.117. The third-order valence-corrected chi connectivity index (χ3v) is 7.82. The Morgan fingerprint density at radius 2 is 1.93 bits per heavy atom. The predicted octanol–water partition coefficient (Wildman–Crippen LogP) is 2.67. The summed E-state index contributed by atoms with van der Waals surface area (Å²) in [5, 5.41) is 2.36. The van der Waals surface area contributed by atoms with E-state index in [2.05, 4.69) is 4.98 Å². The number of nitrogens with zero attached hydrogens (tertiary/aromatic N) is 3. The molecule has 0 saturated carbocycles. The Balaban J connectivity index is 1.43. The Kier molecular flexibility index (Phi) is 3.87. The third kappa shape index (κ3) is 2.69. The van der Waals surface area contributed by atoms with Crippen LogP contribution in [0.15, 0.2) is 52.7 Å². The number of amides is 2. The van der Waals surface area contributed by atoms with E-state index in [-0.39, 0.29) is 22.9 Å². The van der Waals surface area contributed by atoms with Crippen molar-refractivity contribution in [3.05, 3.63) is 64.0 Å². The summed E-state index contributed by atoms with van der Waals surface area (Å²) in [7, 11) is -2.11. The lowest BCUT2D eigenvalue weighted by atomic mass is 10.1. The van der Waals surface area contributed by atoms with E-state index >= 15 is 0 Å². The van der Waals surface area contributed by atoms with Crippen LogP contribution in [0.25, 0.3) is 11.3 Å². The summed E-state index contributed by atoms with van der Waals surface area (Å²) < 4.78 is 26.3. The number of fused-ring (bicyclic) bond motifs is 2. The number of benzene rings is 2. The molecular formula is C20H15N3O4S2. The van der Waals surface area contributed by atoms with Gasteiger partial charge in [-0.05, 0) is 29.8 Å². The largest absolute Gasteiger partial charge is 0.315 e. The molecule has 2 amide bonds. The Morgan fingerprint density at radius 1 is 1.14 bits per heavy atom. The van der Waals surface area contributed by atoms with Gasteiger partial charge in [-0.2, -0.15) is 0 Å². The normalized spacial score (nSPS) is 17.0. The van der Waals surface area contributed by atoms with E-state index in [1.165, 1.54) is 23.5 Å². The van der Waals surface area contributed by atoms with Gasteiger partial charge in [-0.1, -0.05) is 18.2 Å². The minimum Gasteiger partial charge on any atom is -0.315 e. The highest BCUT2D eigenvalue weighted by molar-refractivity contribution is 7.90. The molecule has 2 aromatic carbocycles. The Morgan fingerprint density at radius 3 is 2.72 bits per heavy atom. The van der Waals surface area contributed by atoms with Crippen molar-refractivity contribution in [2.24, 2.45) is 0 Å². The van der Waals surface area contributed by atoms with Crippen LogP contribution >= 0.6 is 11.3 Å². The summed E-state index contributed by atoms with van der Waals surface area (Å²) in [4.78, 5) is 30.6. The molecule has 5 rings (SSSR count). The maximum Gasteiger partial charge on any atom is 0.269 e. The first-order chi connectivity index (χ1) is 13.9. The van der Waals surface area contributed by atoms with E-state index in [1.54, 1.807) is 24.1 Å². The second-order valence-corrected chi connectivity index (χ2v) is 9.69. The van der Waals surface area contributed by atoms with Gasteiger partial charge in [0.2, 0.25) is 5.91 Å². The predicted molar refractivity (Wildman–Crippen MR) is 108 cm³/mol. The smallest absolute Gasteiger partial charge is 0.269 e. The second kappa shape index (κ2) is 6.23. The lowest BCUT2D eigenvalue weighted by Crippen LogP contribution is -2.29. The molecule has 0 aliphatic carbocycles. The maximum atomic E-state index is 12.7. The molecule has 3 heterocycles. The molecule has 2 aliphatic heterocycles. The summed E-state index contributed by atoms with van der Waals surface area (Å²) in [6.07, 6.45) is 0.357. The van der Waals surface area contributed by atoms with Gasteiger partial charge in [0.1, 0.15) is 9.90 Å². The van der Waals surface area contributed by atoms with E-state index in [0.717, 1.165) is 21.1 Å². The van der Waals surface area contributed by atoms with Crippen LogP contribution in [-0.4, -0.2) is 36.6 Å².